The lowest BCUT2D eigenvalue weighted by Crippen LogP contribution is -2.26. The van der Waals surface area contributed by atoms with Gasteiger partial charge < -0.3 is 0 Å². The van der Waals surface area contributed by atoms with E-state index in [1.54, 1.807) is 4.31 Å². The molecule has 3 nitrogen and oxygen atoms in total. The number of aryl methyl sites for hydroxylation is 2. The van der Waals surface area contributed by atoms with Crippen LogP contribution in [0.15, 0.2) is 18.2 Å². The van der Waals surface area contributed by atoms with Gasteiger partial charge in [0, 0.05) is 6.54 Å². The van der Waals surface area contributed by atoms with E-state index < -0.39 is 10.0 Å². The monoisotopic (exact) mass is 239 g/mol. The molecule has 1 heterocycles. The Bertz CT molecular complexity index is 494. The first kappa shape index (κ1) is 11.5. The summed E-state index contributed by atoms with van der Waals surface area (Å²) in [6, 6.07) is 5.97. The van der Waals surface area contributed by atoms with Crippen LogP contribution in [0.2, 0.25) is 0 Å². The Labute approximate surface area is 97.1 Å². The van der Waals surface area contributed by atoms with Crippen molar-refractivity contribution in [3.05, 3.63) is 29.3 Å². The van der Waals surface area contributed by atoms with Gasteiger partial charge >= 0.3 is 0 Å². The molecular weight excluding hydrogens is 222 g/mol. The van der Waals surface area contributed by atoms with Gasteiger partial charge in [-0.05, 0) is 31.4 Å². The SMILES string of the molecule is CCc1cc(C)ccc1N1CCCS1(=O)=O. The topological polar surface area (TPSA) is 37.4 Å². The number of hydrogen-bond donors (Lipinski definition) is 0. The molecule has 2 rings (SSSR count). The van der Waals surface area contributed by atoms with Crippen LogP contribution in [0.5, 0.6) is 0 Å². The molecule has 0 saturated carbocycles. The van der Waals surface area contributed by atoms with Crippen LogP contribution >= 0.6 is 0 Å². The van der Waals surface area contributed by atoms with E-state index in [-0.39, 0.29) is 5.75 Å². The second-order valence-corrected chi connectivity index (χ2v) is 6.24. The number of sulfonamides is 1. The predicted molar refractivity (Wildman–Crippen MR) is 66.3 cm³/mol. The molecule has 1 aromatic rings. The molecule has 0 spiro atoms. The highest BCUT2D eigenvalue weighted by Crippen LogP contribution is 2.28. The molecule has 0 N–H and O–H groups in total. The fourth-order valence-electron chi connectivity index (χ4n) is 2.15. The van der Waals surface area contributed by atoms with Crippen molar-refractivity contribution >= 4 is 15.7 Å². The van der Waals surface area contributed by atoms with E-state index in [0.717, 1.165) is 24.1 Å². The molecule has 0 amide bonds. The van der Waals surface area contributed by atoms with Crippen molar-refractivity contribution in [2.45, 2.75) is 26.7 Å². The molecule has 16 heavy (non-hydrogen) atoms. The number of hydrogen-bond acceptors (Lipinski definition) is 2. The van der Waals surface area contributed by atoms with Crippen molar-refractivity contribution in [3.8, 4) is 0 Å². The summed E-state index contributed by atoms with van der Waals surface area (Å²) in [6.07, 6.45) is 1.60. The second-order valence-electron chi connectivity index (χ2n) is 4.23. The highest BCUT2D eigenvalue weighted by molar-refractivity contribution is 7.93. The molecule has 1 fully saturated rings. The fourth-order valence-corrected chi connectivity index (χ4v) is 3.75. The van der Waals surface area contributed by atoms with Crippen molar-refractivity contribution in [2.24, 2.45) is 0 Å². The lowest BCUT2D eigenvalue weighted by Gasteiger charge is -2.20. The minimum Gasteiger partial charge on any atom is -0.270 e. The van der Waals surface area contributed by atoms with Gasteiger partial charge in [-0.1, -0.05) is 24.6 Å². The minimum atomic E-state index is -3.05. The molecule has 4 heteroatoms. The summed E-state index contributed by atoms with van der Waals surface area (Å²) in [4.78, 5) is 0. The Kier molecular flexibility index (Phi) is 2.93. The lowest BCUT2D eigenvalue weighted by molar-refractivity contribution is 0.599. The van der Waals surface area contributed by atoms with E-state index in [4.69, 9.17) is 0 Å². The first-order chi connectivity index (χ1) is 7.54. The Morgan fingerprint density at radius 1 is 1.38 bits per heavy atom. The molecule has 0 unspecified atom stereocenters. The van der Waals surface area contributed by atoms with E-state index >= 15 is 0 Å². The van der Waals surface area contributed by atoms with Crippen molar-refractivity contribution in [1.29, 1.82) is 0 Å². The Balaban J connectivity index is 2.48. The van der Waals surface area contributed by atoms with Crippen LogP contribution in [0.3, 0.4) is 0 Å². The van der Waals surface area contributed by atoms with E-state index in [1.165, 1.54) is 5.56 Å². The van der Waals surface area contributed by atoms with Gasteiger partial charge in [0.1, 0.15) is 0 Å². The van der Waals surface area contributed by atoms with E-state index in [1.807, 2.05) is 19.1 Å². The normalized spacial score (nSPS) is 19.0. The zero-order valence-corrected chi connectivity index (χ0v) is 10.5. The van der Waals surface area contributed by atoms with Crippen LogP contribution in [0.1, 0.15) is 24.5 Å². The molecule has 0 radical (unpaired) electrons. The number of nitrogens with zero attached hydrogens (tertiary/aromatic N) is 1. The van der Waals surface area contributed by atoms with Crippen LogP contribution in [0.4, 0.5) is 5.69 Å². The van der Waals surface area contributed by atoms with Gasteiger partial charge in [-0.15, -0.1) is 0 Å². The number of rotatable bonds is 2. The van der Waals surface area contributed by atoms with Crippen LogP contribution in [0.25, 0.3) is 0 Å². The molecule has 88 valence electrons. The van der Waals surface area contributed by atoms with E-state index in [9.17, 15) is 8.42 Å². The quantitative estimate of drug-likeness (QED) is 0.792. The predicted octanol–water partition coefficient (Wildman–Crippen LogP) is 2.10. The zero-order valence-electron chi connectivity index (χ0n) is 9.73. The summed E-state index contributed by atoms with van der Waals surface area (Å²) < 4.78 is 25.2. The van der Waals surface area contributed by atoms with Crippen LogP contribution in [-0.2, 0) is 16.4 Å². The Hall–Kier alpha value is -1.03. The average molecular weight is 239 g/mol. The van der Waals surface area contributed by atoms with Gasteiger partial charge in [-0.25, -0.2) is 8.42 Å². The van der Waals surface area contributed by atoms with Gasteiger partial charge in [0.05, 0.1) is 11.4 Å². The third-order valence-electron chi connectivity index (χ3n) is 2.98. The van der Waals surface area contributed by atoms with Gasteiger partial charge in [-0.2, -0.15) is 0 Å². The molecule has 1 saturated heterocycles. The standard InChI is InChI=1S/C12H17NO2S/c1-3-11-9-10(2)5-6-12(11)13-7-4-8-16(13,14)15/h5-6,9H,3-4,7-8H2,1-2H3. The summed E-state index contributed by atoms with van der Waals surface area (Å²) >= 11 is 0. The zero-order chi connectivity index (χ0) is 11.8. The van der Waals surface area contributed by atoms with Crippen molar-refractivity contribution < 1.29 is 8.42 Å². The van der Waals surface area contributed by atoms with Crippen LogP contribution < -0.4 is 4.31 Å². The Morgan fingerprint density at radius 3 is 2.69 bits per heavy atom. The minimum absolute atomic E-state index is 0.282. The largest absolute Gasteiger partial charge is 0.270 e. The van der Waals surface area contributed by atoms with Crippen molar-refractivity contribution in [2.75, 3.05) is 16.6 Å². The van der Waals surface area contributed by atoms with E-state index in [2.05, 4.69) is 13.0 Å². The van der Waals surface area contributed by atoms with Crippen molar-refractivity contribution in [3.63, 3.8) is 0 Å². The van der Waals surface area contributed by atoms with Crippen LogP contribution in [-0.4, -0.2) is 20.7 Å². The van der Waals surface area contributed by atoms with Gasteiger partial charge in [0.25, 0.3) is 0 Å². The molecule has 0 atom stereocenters. The average Bonchev–Trinajstić information content (AvgIpc) is 2.58. The third kappa shape index (κ3) is 1.94. The van der Waals surface area contributed by atoms with E-state index in [0.29, 0.717) is 6.54 Å². The third-order valence-corrected chi connectivity index (χ3v) is 4.84. The lowest BCUT2D eigenvalue weighted by atomic mass is 10.1. The van der Waals surface area contributed by atoms with Gasteiger partial charge in [0.15, 0.2) is 0 Å². The van der Waals surface area contributed by atoms with Gasteiger partial charge in [-0.3, -0.25) is 4.31 Å². The summed E-state index contributed by atoms with van der Waals surface area (Å²) in [6.45, 7) is 4.71. The summed E-state index contributed by atoms with van der Waals surface area (Å²) in [7, 11) is -3.05. The summed E-state index contributed by atoms with van der Waals surface area (Å²) in [5.41, 5.74) is 3.16. The highest BCUT2D eigenvalue weighted by atomic mass is 32.2. The maximum Gasteiger partial charge on any atom is 0.235 e. The molecular formula is C12H17NO2S. The maximum atomic E-state index is 11.8. The van der Waals surface area contributed by atoms with Gasteiger partial charge in [0.2, 0.25) is 10.0 Å². The maximum absolute atomic E-state index is 11.8. The fraction of sp³-hybridized carbons (Fsp3) is 0.500. The van der Waals surface area contributed by atoms with Crippen molar-refractivity contribution in [1.82, 2.24) is 0 Å². The highest BCUT2D eigenvalue weighted by Gasteiger charge is 2.29. The number of anilines is 1. The molecule has 1 aliphatic rings. The van der Waals surface area contributed by atoms with Crippen LogP contribution in [0, 0.1) is 6.92 Å². The summed E-state index contributed by atoms with van der Waals surface area (Å²) in [5, 5.41) is 0. The first-order valence-electron chi connectivity index (χ1n) is 5.64. The molecule has 0 bridgehead atoms. The summed E-state index contributed by atoms with van der Waals surface area (Å²) in [5.74, 6) is 0.282. The smallest absolute Gasteiger partial charge is 0.235 e. The second kappa shape index (κ2) is 4.09. The molecule has 0 aromatic heterocycles. The molecule has 1 aromatic carbocycles. The molecule has 0 aliphatic carbocycles. The first-order valence-corrected chi connectivity index (χ1v) is 7.25. The molecule has 1 aliphatic heterocycles. The number of benzene rings is 1. The Morgan fingerprint density at radius 2 is 2.12 bits per heavy atom.